The number of imidazole rings is 1. The molecular weight excluding hydrogens is 450 g/mol. The predicted octanol–water partition coefficient (Wildman–Crippen LogP) is 4.23. The van der Waals surface area contributed by atoms with E-state index in [-0.39, 0.29) is 17.0 Å². The predicted molar refractivity (Wildman–Crippen MR) is 117 cm³/mol. The Balaban J connectivity index is 1.34. The van der Waals surface area contributed by atoms with Crippen molar-refractivity contribution >= 4 is 44.3 Å². The average molecular weight is 472 g/mol. The third-order valence-electron chi connectivity index (χ3n) is 6.93. The molecule has 4 aliphatic carbocycles. The number of hydrogen-bond donors (Lipinski definition) is 3. The Morgan fingerprint density at radius 1 is 1.24 bits per heavy atom. The van der Waals surface area contributed by atoms with Gasteiger partial charge in [0.15, 0.2) is 11.5 Å². The Morgan fingerprint density at radius 2 is 2.03 bits per heavy atom. The van der Waals surface area contributed by atoms with Gasteiger partial charge in [-0.2, -0.15) is 0 Å². The molecule has 0 spiro atoms. The number of thiophene rings is 1. The third-order valence-corrected chi connectivity index (χ3v) is 8.56. The summed E-state index contributed by atoms with van der Waals surface area (Å²) in [7, 11) is 0. The smallest absolute Gasteiger partial charge is 0.254 e. The second-order valence-corrected chi connectivity index (χ2v) is 11.8. The zero-order chi connectivity index (χ0) is 19.8. The zero-order valence-corrected chi connectivity index (χ0v) is 18.3. The van der Waals surface area contributed by atoms with Crippen LogP contribution in [-0.2, 0) is 0 Å². The maximum Gasteiger partial charge on any atom is 0.254 e. The van der Waals surface area contributed by atoms with Gasteiger partial charge in [-0.1, -0.05) is 0 Å². The summed E-state index contributed by atoms with van der Waals surface area (Å²) < 4.78 is 1.04. The summed E-state index contributed by atoms with van der Waals surface area (Å²) in [5, 5.41) is 3.41. The van der Waals surface area contributed by atoms with Crippen molar-refractivity contribution in [3.05, 3.63) is 33.7 Å². The molecule has 2 atom stereocenters. The van der Waals surface area contributed by atoms with Crippen LogP contribution in [0.2, 0.25) is 0 Å². The second-order valence-electron chi connectivity index (χ2n) is 9.30. The molecule has 29 heavy (non-hydrogen) atoms. The topological polar surface area (TPSA) is 96.7 Å². The summed E-state index contributed by atoms with van der Waals surface area (Å²) in [4.78, 5) is 26.7. The first-order chi connectivity index (χ1) is 13.9. The summed E-state index contributed by atoms with van der Waals surface area (Å²) in [6.45, 7) is 0. The van der Waals surface area contributed by atoms with E-state index in [1.54, 1.807) is 23.6 Å². The molecule has 8 heteroatoms. The fraction of sp³-hybridized carbons (Fsp3) is 0.476. The number of fused-ring (bicyclic) bond motifs is 1. The van der Waals surface area contributed by atoms with Crippen LogP contribution in [0.15, 0.2) is 28.2 Å². The number of carbonyl (C=O) groups excluding carboxylic acids is 1. The molecule has 0 saturated heterocycles. The molecule has 2 unspecified atom stereocenters. The molecule has 4 aliphatic rings. The Labute approximate surface area is 180 Å². The van der Waals surface area contributed by atoms with Crippen molar-refractivity contribution in [3.8, 4) is 10.7 Å². The Bertz CT molecular complexity index is 1120. The lowest BCUT2D eigenvalue weighted by atomic mass is 9.50. The molecule has 0 radical (unpaired) electrons. The summed E-state index contributed by atoms with van der Waals surface area (Å²) >= 11 is 5.08. The summed E-state index contributed by atoms with van der Waals surface area (Å²) in [6, 6.07) is 5.77. The number of hydrogen-bond acceptors (Lipinski definition) is 5. The van der Waals surface area contributed by atoms with Crippen LogP contribution in [0.4, 0.5) is 0 Å². The molecule has 0 aromatic carbocycles. The van der Waals surface area contributed by atoms with Gasteiger partial charge >= 0.3 is 0 Å². The molecule has 4 N–H and O–H groups in total. The first-order valence-corrected chi connectivity index (χ1v) is 11.7. The number of nitrogens with one attached hydrogen (secondary N) is 2. The molecule has 7 rings (SSSR count). The molecule has 3 aromatic heterocycles. The molecule has 0 aliphatic heterocycles. The average Bonchev–Trinajstić information content (AvgIpc) is 3.24. The van der Waals surface area contributed by atoms with Gasteiger partial charge in [-0.3, -0.25) is 4.79 Å². The first-order valence-electron chi connectivity index (χ1n) is 10.1. The SMILES string of the molecule is NC12CC3CC(C1)CC(NC(=O)c1ccnc4nc(-c5ccc(Br)s5)[nH]c14)(C3)C2. The van der Waals surface area contributed by atoms with Gasteiger partial charge in [-0.25, -0.2) is 9.97 Å². The Morgan fingerprint density at radius 3 is 2.72 bits per heavy atom. The lowest BCUT2D eigenvalue weighted by molar-refractivity contribution is -0.0320. The molecule has 6 nitrogen and oxygen atoms in total. The monoisotopic (exact) mass is 471 g/mol. The molecule has 1 amide bonds. The van der Waals surface area contributed by atoms with E-state index in [4.69, 9.17) is 5.73 Å². The highest BCUT2D eigenvalue weighted by molar-refractivity contribution is 9.11. The third kappa shape index (κ3) is 2.95. The maximum absolute atomic E-state index is 13.4. The summed E-state index contributed by atoms with van der Waals surface area (Å²) in [5.41, 5.74) is 8.30. The zero-order valence-electron chi connectivity index (χ0n) is 15.9. The van der Waals surface area contributed by atoms with E-state index in [1.165, 1.54) is 6.42 Å². The number of pyridine rings is 1. The fourth-order valence-electron chi connectivity index (χ4n) is 6.45. The van der Waals surface area contributed by atoms with Crippen molar-refractivity contribution in [1.29, 1.82) is 0 Å². The van der Waals surface area contributed by atoms with Gasteiger partial charge in [0.2, 0.25) is 0 Å². The van der Waals surface area contributed by atoms with Crippen molar-refractivity contribution in [2.24, 2.45) is 17.6 Å². The fourth-order valence-corrected chi connectivity index (χ4v) is 7.78. The lowest BCUT2D eigenvalue weighted by Gasteiger charge is -2.61. The minimum absolute atomic E-state index is 0.0505. The standard InChI is InChI=1S/C21H22BrN5OS/c22-15-2-1-14(29-15)17-25-16-13(3-4-24-18(16)26-17)19(28)27-21-8-11-5-12(9-21)7-20(23,6-11)10-21/h1-4,11-12H,5-10,23H2,(H,27,28)(H,24,25,26). The number of nitrogens with zero attached hydrogens (tertiary/aromatic N) is 2. The van der Waals surface area contributed by atoms with Crippen LogP contribution >= 0.6 is 27.3 Å². The highest BCUT2D eigenvalue weighted by atomic mass is 79.9. The van der Waals surface area contributed by atoms with Gasteiger partial charge in [-0.05, 0) is 84.5 Å². The number of halogens is 1. The highest BCUT2D eigenvalue weighted by Crippen LogP contribution is 2.56. The van der Waals surface area contributed by atoms with Gasteiger partial charge in [-0.15, -0.1) is 11.3 Å². The minimum Gasteiger partial charge on any atom is -0.346 e. The van der Waals surface area contributed by atoms with Crippen LogP contribution in [0.25, 0.3) is 21.9 Å². The van der Waals surface area contributed by atoms with Gasteiger partial charge in [0, 0.05) is 17.3 Å². The first kappa shape index (κ1) is 18.0. The van der Waals surface area contributed by atoms with Crippen LogP contribution in [0.3, 0.4) is 0 Å². The van der Waals surface area contributed by atoms with Crippen molar-refractivity contribution in [1.82, 2.24) is 20.3 Å². The van der Waals surface area contributed by atoms with Gasteiger partial charge in [0.05, 0.1) is 19.7 Å². The van der Waals surface area contributed by atoms with E-state index in [9.17, 15) is 4.79 Å². The van der Waals surface area contributed by atoms with Crippen LogP contribution in [0, 0.1) is 11.8 Å². The van der Waals surface area contributed by atoms with Crippen LogP contribution < -0.4 is 11.1 Å². The largest absolute Gasteiger partial charge is 0.346 e. The number of aromatic amines is 1. The molecule has 4 fully saturated rings. The number of aromatic nitrogens is 3. The molecule has 150 valence electrons. The van der Waals surface area contributed by atoms with Crippen molar-refractivity contribution < 1.29 is 4.79 Å². The van der Waals surface area contributed by atoms with Crippen molar-refractivity contribution in [2.45, 2.75) is 49.6 Å². The van der Waals surface area contributed by atoms with Gasteiger partial charge in [0.25, 0.3) is 5.91 Å². The lowest BCUT2D eigenvalue weighted by Crippen LogP contribution is -2.68. The summed E-state index contributed by atoms with van der Waals surface area (Å²) in [6.07, 6.45) is 8.17. The van der Waals surface area contributed by atoms with E-state index >= 15 is 0 Å². The van der Waals surface area contributed by atoms with E-state index in [0.717, 1.165) is 46.6 Å². The van der Waals surface area contributed by atoms with Crippen LogP contribution in [-0.4, -0.2) is 31.9 Å². The quantitative estimate of drug-likeness (QED) is 0.532. The van der Waals surface area contributed by atoms with Gasteiger partial charge in [0.1, 0.15) is 0 Å². The Kier molecular flexibility index (Phi) is 3.81. The normalized spacial score (nSPS) is 32.8. The van der Waals surface area contributed by atoms with Crippen LogP contribution in [0.5, 0.6) is 0 Å². The number of nitrogens with two attached hydrogens (primary N) is 1. The molecule has 4 saturated carbocycles. The van der Waals surface area contributed by atoms with E-state index < -0.39 is 0 Å². The number of rotatable bonds is 3. The molecule has 3 aromatic rings. The van der Waals surface area contributed by atoms with Crippen molar-refractivity contribution in [2.75, 3.05) is 0 Å². The van der Waals surface area contributed by atoms with Crippen LogP contribution in [0.1, 0.15) is 48.9 Å². The van der Waals surface area contributed by atoms with E-state index in [1.807, 2.05) is 12.1 Å². The maximum atomic E-state index is 13.4. The van der Waals surface area contributed by atoms with E-state index in [2.05, 4.69) is 36.2 Å². The summed E-state index contributed by atoms with van der Waals surface area (Å²) in [5.74, 6) is 1.98. The number of carbonyl (C=O) groups is 1. The molecule has 4 bridgehead atoms. The minimum atomic E-state index is -0.160. The molecular formula is C21H22BrN5OS. The van der Waals surface area contributed by atoms with E-state index in [0.29, 0.717) is 28.6 Å². The Hall–Kier alpha value is -1.77. The highest BCUT2D eigenvalue weighted by Gasteiger charge is 2.56. The number of amides is 1. The van der Waals surface area contributed by atoms with Gasteiger partial charge < -0.3 is 16.0 Å². The van der Waals surface area contributed by atoms with Crippen molar-refractivity contribution in [3.63, 3.8) is 0 Å². The number of H-pyrrole nitrogens is 1. The second kappa shape index (κ2) is 6.12. The molecule has 3 heterocycles.